The Bertz CT molecular complexity index is 1000. The van der Waals surface area contributed by atoms with Gasteiger partial charge in [-0.2, -0.15) is 0 Å². The molecule has 114 valence electrons. The summed E-state index contributed by atoms with van der Waals surface area (Å²) in [7, 11) is 0. The van der Waals surface area contributed by atoms with E-state index >= 15 is 0 Å². The van der Waals surface area contributed by atoms with E-state index in [0.717, 1.165) is 10.5 Å². The van der Waals surface area contributed by atoms with E-state index in [1.54, 1.807) is 11.3 Å². The van der Waals surface area contributed by atoms with Gasteiger partial charge in [0.2, 0.25) is 0 Å². The Morgan fingerprint density at radius 3 is 2.48 bits per heavy atom. The molecule has 1 aromatic heterocycles. The molecule has 1 heterocycles. The summed E-state index contributed by atoms with van der Waals surface area (Å²) in [4.78, 5) is 4.93. The Balaban J connectivity index is 1.92. The first-order valence-corrected chi connectivity index (χ1v) is 8.73. The molecule has 0 atom stereocenters. The van der Waals surface area contributed by atoms with Crippen molar-refractivity contribution in [1.82, 2.24) is 4.98 Å². The number of thiazole rings is 1. The molecular formula is C21H19NS. The number of hydrogen-bond donors (Lipinski definition) is 0. The van der Waals surface area contributed by atoms with Crippen LogP contribution in [0.3, 0.4) is 0 Å². The minimum atomic E-state index is 0.150. The van der Waals surface area contributed by atoms with Crippen molar-refractivity contribution in [3.63, 3.8) is 0 Å². The predicted octanol–water partition coefficient (Wildman–Crippen LogP) is 6.41. The fourth-order valence-corrected chi connectivity index (χ4v) is 3.91. The molecule has 2 heteroatoms. The Labute approximate surface area is 140 Å². The molecule has 4 aromatic rings. The van der Waals surface area contributed by atoms with E-state index in [-0.39, 0.29) is 5.41 Å². The lowest BCUT2D eigenvalue weighted by Gasteiger charge is -2.18. The maximum atomic E-state index is 4.93. The predicted molar refractivity (Wildman–Crippen MR) is 101 cm³/mol. The molecule has 0 spiro atoms. The minimum Gasteiger partial charge on any atom is -0.236 e. The molecule has 4 rings (SSSR count). The summed E-state index contributed by atoms with van der Waals surface area (Å²) in [6.07, 6.45) is 0. The summed E-state index contributed by atoms with van der Waals surface area (Å²) in [6.45, 7) is 6.73. The Morgan fingerprint density at radius 1 is 0.870 bits per heavy atom. The number of nitrogens with zero attached hydrogens (tertiary/aromatic N) is 1. The summed E-state index contributed by atoms with van der Waals surface area (Å²) < 4.78 is 1.25. The van der Waals surface area contributed by atoms with Crippen LogP contribution in [0.25, 0.3) is 31.6 Å². The van der Waals surface area contributed by atoms with Gasteiger partial charge in [0.05, 0.1) is 10.2 Å². The topological polar surface area (TPSA) is 12.9 Å². The van der Waals surface area contributed by atoms with E-state index in [4.69, 9.17) is 4.98 Å². The van der Waals surface area contributed by atoms with Crippen LogP contribution in [0.15, 0.2) is 60.7 Å². The van der Waals surface area contributed by atoms with Gasteiger partial charge in [-0.25, -0.2) is 4.98 Å². The van der Waals surface area contributed by atoms with Gasteiger partial charge < -0.3 is 0 Å². The molecule has 0 unspecified atom stereocenters. The molecule has 0 amide bonds. The number of aromatic nitrogens is 1. The van der Waals surface area contributed by atoms with Crippen molar-refractivity contribution in [2.24, 2.45) is 0 Å². The molecule has 0 bridgehead atoms. The fraction of sp³-hybridized carbons (Fsp3) is 0.190. The van der Waals surface area contributed by atoms with Crippen LogP contribution in [-0.4, -0.2) is 4.98 Å². The standard InChI is InChI=1S/C21H19NS/c1-21(2,3)15-11-12-19-18(13-15)22-20(23-19)17-10-6-8-14-7-4-5-9-16(14)17/h4-13H,1-3H3. The van der Waals surface area contributed by atoms with Gasteiger partial charge in [0.1, 0.15) is 5.01 Å². The Hall–Kier alpha value is -2.19. The zero-order chi connectivity index (χ0) is 16.0. The molecule has 23 heavy (non-hydrogen) atoms. The second-order valence-corrected chi connectivity index (χ2v) is 8.01. The minimum absolute atomic E-state index is 0.150. The van der Waals surface area contributed by atoms with Gasteiger partial charge in [0.15, 0.2) is 0 Å². The van der Waals surface area contributed by atoms with Gasteiger partial charge in [0, 0.05) is 5.56 Å². The summed E-state index contributed by atoms with van der Waals surface area (Å²) in [5, 5.41) is 3.63. The summed E-state index contributed by atoms with van der Waals surface area (Å²) in [5.74, 6) is 0. The van der Waals surface area contributed by atoms with Crippen molar-refractivity contribution in [3.05, 3.63) is 66.2 Å². The van der Waals surface area contributed by atoms with Gasteiger partial charge in [-0.1, -0.05) is 69.3 Å². The van der Waals surface area contributed by atoms with Crippen LogP contribution in [0.4, 0.5) is 0 Å². The fourth-order valence-electron chi connectivity index (χ4n) is 2.92. The quantitative estimate of drug-likeness (QED) is 0.395. The van der Waals surface area contributed by atoms with E-state index in [9.17, 15) is 0 Å². The molecule has 0 saturated carbocycles. The molecule has 1 nitrogen and oxygen atoms in total. The monoisotopic (exact) mass is 317 g/mol. The maximum Gasteiger partial charge on any atom is 0.125 e. The van der Waals surface area contributed by atoms with Crippen LogP contribution in [0.5, 0.6) is 0 Å². The van der Waals surface area contributed by atoms with Gasteiger partial charge >= 0.3 is 0 Å². The second-order valence-electron chi connectivity index (χ2n) is 6.98. The molecule has 3 aromatic carbocycles. The molecule has 0 saturated heterocycles. The highest BCUT2D eigenvalue weighted by Crippen LogP contribution is 2.36. The van der Waals surface area contributed by atoms with E-state index < -0.39 is 0 Å². The number of rotatable bonds is 1. The van der Waals surface area contributed by atoms with Crippen molar-refractivity contribution in [3.8, 4) is 10.6 Å². The number of benzene rings is 3. The number of fused-ring (bicyclic) bond motifs is 2. The molecular weight excluding hydrogens is 298 g/mol. The first kappa shape index (κ1) is 14.4. The van der Waals surface area contributed by atoms with E-state index in [0.29, 0.717) is 0 Å². The average molecular weight is 317 g/mol. The van der Waals surface area contributed by atoms with E-state index in [2.05, 4.69) is 81.4 Å². The van der Waals surface area contributed by atoms with Crippen LogP contribution in [-0.2, 0) is 5.41 Å². The van der Waals surface area contributed by atoms with Crippen molar-refractivity contribution < 1.29 is 0 Å². The summed E-state index contributed by atoms with van der Waals surface area (Å²) >= 11 is 1.77. The average Bonchev–Trinajstić information content (AvgIpc) is 2.96. The van der Waals surface area contributed by atoms with Crippen LogP contribution >= 0.6 is 11.3 Å². The third kappa shape index (κ3) is 2.53. The largest absolute Gasteiger partial charge is 0.236 e. The number of hydrogen-bond acceptors (Lipinski definition) is 2. The molecule has 0 N–H and O–H groups in total. The Kier molecular flexibility index (Phi) is 3.24. The molecule has 0 aliphatic carbocycles. The zero-order valence-corrected chi connectivity index (χ0v) is 14.4. The molecule has 0 radical (unpaired) electrons. The summed E-state index contributed by atoms with van der Waals surface area (Å²) in [6, 6.07) is 21.6. The van der Waals surface area contributed by atoms with Crippen LogP contribution in [0.1, 0.15) is 26.3 Å². The SMILES string of the molecule is CC(C)(C)c1ccc2sc(-c3cccc4ccccc34)nc2c1. The van der Waals surface area contributed by atoms with Crippen LogP contribution in [0.2, 0.25) is 0 Å². The zero-order valence-electron chi connectivity index (χ0n) is 13.6. The maximum absolute atomic E-state index is 4.93. The lowest BCUT2D eigenvalue weighted by molar-refractivity contribution is 0.591. The van der Waals surface area contributed by atoms with Crippen LogP contribution < -0.4 is 0 Å². The third-order valence-corrected chi connectivity index (χ3v) is 5.34. The smallest absolute Gasteiger partial charge is 0.125 e. The van der Waals surface area contributed by atoms with Gasteiger partial charge in [-0.3, -0.25) is 0 Å². The molecule has 0 fully saturated rings. The normalized spacial score (nSPS) is 12.1. The highest BCUT2D eigenvalue weighted by molar-refractivity contribution is 7.21. The first-order valence-electron chi connectivity index (χ1n) is 7.91. The molecule has 0 aliphatic heterocycles. The van der Waals surface area contributed by atoms with Crippen molar-refractivity contribution >= 4 is 32.3 Å². The molecule has 0 aliphatic rings. The third-order valence-electron chi connectivity index (χ3n) is 4.27. The van der Waals surface area contributed by atoms with Gasteiger partial charge in [-0.05, 0) is 33.9 Å². The summed E-state index contributed by atoms with van der Waals surface area (Å²) in [5.41, 5.74) is 3.81. The second kappa shape index (κ2) is 5.17. The van der Waals surface area contributed by atoms with Crippen molar-refractivity contribution in [2.75, 3.05) is 0 Å². The van der Waals surface area contributed by atoms with E-state index in [1.165, 1.54) is 26.6 Å². The van der Waals surface area contributed by atoms with Gasteiger partial charge in [0.25, 0.3) is 0 Å². The highest BCUT2D eigenvalue weighted by Gasteiger charge is 2.16. The lowest BCUT2D eigenvalue weighted by atomic mass is 9.87. The Morgan fingerprint density at radius 2 is 1.65 bits per heavy atom. The first-order chi connectivity index (χ1) is 11.0. The van der Waals surface area contributed by atoms with Crippen molar-refractivity contribution in [2.45, 2.75) is 26.2 Å². The van der Waals surface area contributed by atoms with E-state index in [1.807, 2.05) is 0 Å². The van der Waals surface area contributed by atoms with Crippen molar-refractivity contribution in [1.29, 1.82) is 0 Å². The highest BCUT2D eigenvalue weighted by atomic mass is 32.1. The van der Waals surface area contributed by atoms with Crippen LogP contribution in [0, 0.1) is 0 Å². The lowest BCUT2D eigenvalue weighted by Crippen LogP contribution is -2.10. The van der Waals surface area contributed by atoms with Gasteiger partial charge in [-0.15, -0.1) is 11.3 Å².